The lowest BCUT2D eigenvalue weighted by Gasteiger charge is -2.17. The van der Waals surface area contributed by atoms with E-state index in [1.165, 1.54) is 6.07 Å². The molecule has 0 spiro atoms. The molecular weight excluding hydrogens is 285 g/mol. The van der Waals surface area contributed by atoms with Crippen molar-refractivity contribution < 1.29 is 4.39 Å². The van der Waals surface area contributed by atoms with Crippen LogP contribution in [0.25, 0.3) is 0 Å². The molecule has 0 aliphatic carbocycles. The second kappa shape index (κ2) is 8.20. The summed E-state index contributed by atoms with van der Waals surface area (Å²) in [5.74, 6) is 0.636. The third-order valence-electron chi connectivity index (χ3n) is 3.26. The van der Waals surface area contributed by atoms with Crippen molar-refractivity contribution in [3.05, 3.63) is 48.0 Å². The molecule has 2 rings (SSSR count). The number of nitrogens with zero attached hydrogens (tertiary/aromatic N) is 2. The van der Waals surface area contributed by atoms with Crippen molar-refractivity contribution in [1.82, 2.24) is 15.1 Å². The van der Waals surface area contributed by atoms with Gasteiger partial charge in [-0.15, -0.1) is 11.8 Å². The highest BCUT2D eigenvalue weighted by Gasteiger charge is 2.14. The molecule has 2 aromatic rings. The topological polar surface area (TPSA) is 29.9 Å². The predicted octanol–water partition coefficient (Wildman–Crippen LogP) is 3.88. The van der Waals surface area contributed by atoms with Crippen LogP contribution in [0, 0.1) is 5.82 Å². The molecule has 0 saturated carbocycles. The Morgan fingerprint density at radius 1 is 1.33 bits per heavy atom. The van der Waals surface area contributed by atoms with Gasteiger partial charge in [0.25, 0.3) is 0 Å². The van der Waals surface area contributed by atoms with E-state index in [2.05, 4.69) is 30.5 Å². The largest absolute Gasteiger partial charge is 0.309 e. The standard InChI is InChI=1S/C16H22FN3S/c1-3-9-18-15(13-10-19-20(4-2)11-13)12-21-16-8-6-5-7-14(16)17/h5-8,10-11,15,18H,3-4,9,12H2,1-2H3. The van der Waals surface area contributed by atoms with Crippen LogP contribution in [-0.2, 0) is 6.54 Å². The quantitative estimate of drug-likeness (QED) is 0.751. The molecule has 0 aliphatic heterocycles. The van der Waals surface area contributed by atoms with Gasteiger partial charge in [-0.2, -0.15) is 5.10 Å². The Bertz CT molecular complexity index is 556. The van der Waals surface area contributed by atoms with Crippen molar-refractivity contribution in [2.75, 3.05) is 12.3 Å². The van der Waals surface area contributed by atoms with Crippen molar-refractivity contribution in [3.63, 3.8) is 0 Å². The van der Waals surface area contributed by atoms with E-state index >= 15 is 0 Å². The fourth-order valence-corrected chi connectivity index (χ4v) is 3.10. The summed E-state index contributed by atoms with van der Waals surface area (Å²) in [5, 5.41) is 7.85. The Labute approximate surface area is 129 Å². The molecule has 21 heavy (non-hydrogen) atoms. The Kier molecular flexibility index (Phi) is 6.26. The van der Waals surface area contributed by atoms with Crippen LogP contribution >= 0.6 is 11.8 Å². The van der Waals surface area contributed by atoms with Gasteiger partial charge in [0.05, 0.1) is 6.20 Å². The first-order valence-corrected chi connectivity index (χ1v) is 8.36. The molecule has 0 aliphatic rings. The lowest BCUT2D eigenvalue weighted by atomic mass is 10.2. The molecule has 1 atom stereocenters. The summed E-state index contributed by atoms with van der Waals surface area (Å²) in [5.41, 5.74) is 1.16. The van der Waals surface area contributed by atoms with Crippen LogP contribution in [0.5, 0.6) is 0 Å². The zero-order valence-electron chi connectivity index (χ0n) is 12.6. The second-order valence-corrected chi connectivity index (χ2v) is 5.94. The fraction of sp³-hybridized carbons (Fsp3) is 0.438. The Morgan fingerprint density at radius 2 is 2.14 bits per heavy atom. The van der Waals surface area contributed by atoms with Gasteiger partial charge in [-0.25, -0.2) is 4.39 Å². The van der Waals surface area contributed by atoms with Crippen LogP contribution in [-0.4, -0.2) is 22.1 Å². The minimum Gasteiger partial charge on any atom is -0.309 e. The van der Waals surface area contributed by atoms with Gasteiger partial charge in [-0.05, 0) is 32.0 Å². The summed E-state index contributed by atoms with van der Waals surface area (Å²) in [6.45, 7) is 6.02. The number of halogens is 1. The summed E-state index contributed by atoms with van der Waals surface area (Å²) in [7, 11) is 0. The molecule has 0 bridgehead atoms. The predicted molar refractivity (Wildman–Crippen MR) is 86.1 cm³/mol. The monoisotopic (exact) mass is 307 g/mol. The average molecular weight is 307 g/mol. The fourth-order valence-electron chi connectivity index (χ4n) is 2.06. The van der Waals surface area contributed by atoms with Crippen LogP contribution < -0.4 is 5.32 Å². The maximum absolute atomic E-state index is 13.7. The summed E-state index contributed by atoms with van der Waals surface area (Å²) >= 11 is 1.54. The Morgan fingerprint density at radius 3 is 2.81 bits per heavy atom. The molecule has 0 amide bonds. The smallest absolute Gasteiger partial charge is 0.136 e. The summed E-state index contributed by atoms with van der Waals surface area (Å²) < 4.78 is 15.6. The molecule has 114 valence electrons. The van der Waals surface area contributed by atoms with E-state index in [1.807, 2.05) is 23.0 Å². The zero-order valence-corrected chi connectivity index (χ0v) is 13.4. The summed E-state index contributed by atoms with van der Waals surface area (Å²) in [6, 6.07) is 7.11. The van der Waals surface area contributed by atoms with Gasteiger partial charge in [0.2, 0.25) is 0 Å². The van der Waals surface area contributed by atoms with Gasteiger partial charge < -0.3 is 5.32 Å². The van der Waals surface area contributed by atoms with Crippen LogP contribution in [0.2, 0.25) is 0 Å². The van der Waals surface area contributed by atoms with Crippen LogP contribution in [0.1, 0.15) is 31.9 Å². The van der Waals surface area contributed by atoms with Gasteiger partial charge in [-0.1, -0.05) is 19.1 Å². The Balaban J connectivity index is 2.04. The maximum Gasteiger partial charge on any atom is 0.136 e. The lowest BCUT2D eigenvalue weighted by molar-refractivity contribution is 0.573. The normalized spacial score (nSPS) is 12.5. The van der Waals surface area contributed by atoms with Crippen molar-refractivity contribution >= 4 is 11.8 Å². The van der Waals surface area contributed by atoms with Crippen LogP contribution in [0.3, 0.4) is 0 Å². The van der Waals surface area contributed by atoms with E-state index in [9.17, 15) is 4.39 Å². The molecule has 1 aromatic heterocycles. The second-order valence-electron chi connectivity index (χ2n) is 4.88. The molecule has 1 heterocycles. The van der Waals surface area contributed by atoms with E-state index in [0.29, 0.717) is 4.90 Å². The Hall–Kier alpha value is -1.33. The summed E-state index contributed by atoms with van der Waals surface area (Å²) in [6.07, 6.45) is 5.04. The number of nitrogens with one attached hydrogen (secondary N) is 1. The molecule has 0 fully saturated rings. The number of aryl methyl sites for hydroxylation is 1. The highest BCUT2D eigenvalue weighted by atomic mass is 32.2. The molecule has 0 saturated heterocycles. The lowest BCUT2D eigenvalue weighted by Crippen LogP contribution is -2.23. The zero-order chi connectivity index (χ0) is 15.1. The van der Waals surface area contributed by atoms with Gasteiger partial charge in [0, 0.05) is 35.0 Å². The molecule has 1 unspecified atom stereocenters. The van der Waals surface area contributed by atoms with Gasteiger partial charge >= 0.3 is 0 Å². The molecule has 0 radical (unpaired) electrons. The van der Waals surface area contributed by atoms with Crippen molar-refractivity contribution in [2.24, 2.45) is 0 Å². The van der Waals surface area contributed by atoms with E-state index < -0.39 is 0 Å². The van der Waals surface area contributed by atoms with Gasteiger partial charge in [-0.3, -0.25) is 4.68 Å². The van der Waals surface area contributed by atoms with Crippen LogP contribution in [0.4, 0.5) is 4.39 Å². The third-order valence-corrected chi connectivity index (χ3v) is 4.40. The van der Waals surface area contributed by atoms with Gasteiger partial charge in [0.15, 0.2) is 0 Å². The number of rotatable bonds is 8. The average Bonchev–Trinajstić information content (AvgIpc) is 2.98. The van der Waals surface area contributed by atoms with E-state index in [0.717, 1.165) is 30.8 Å². The van der Waals surface area contributed by atoms with Crippen molar-refractivity contribution in [3.8, 4) is 0 Å². The third kappa shape index (κ3) is 4.58. The van der Waals surface area contributed by atoms with E-state index in [4.69, 9.17) is 0 Å². The number of thioether (sulfide) groups is 1. The summed E-state index contributed by atoms with van der Waals surface area (Å²) in [4.78, 5) is 0.698. The van der Waals surface area contributed by atoms with Gasteiger partial charge in [0.1, 0.15) is 5.82 Å². The first kappa shape index (κ1) is 16.0. The SMILES string of the molecule is CCCNC(CSc1ccccc1F)c1cnn(CC)c1. The van der Waals surface area contributed by atoms with Crippen molar-refractivity contribution in [2.45, 2.75) is 37.8 Å². The number of hydrogen-bond donors (Lipinski definition) is 1. The molecular formula is C16H22FN3S. The highest BCUT2D eigenvalue weighted by Crippen LogP contribution is 2.26. The maximum atomic E-state index is 13.7. The molecule has 3 nitrogen and oxygen atoms in total. The minimum absolute atomic E-state index is 0.152. The van der Waals surface area contributed by atoms with Crippen molar-refractivity contribution in [1.29, 1.82) is 0 Å². The first-order valence-electron chi connectivity index (χ1n) is 7.37. The van der Waals surface area contributed by atoms with Crippen LogP contribution in [0.15, 0.2) is 41.6 Å². The molecule has 5 heteroatoms. The number of hydrogen-bond acceptors (Lipinski definition) is 3. The number of aromatic nitrogens is 2. The highest BCUT2D eigenvalue weighted by molar-refractivity contribution is 7.99. The first-order chi connectivity index (χ1) is 10.2. The minimum atomic E-state index is -0.152. The molecule has 1 N–H and O–H groups in total. The van der Waals surface area contributed by atoms with E-state index in [1.54, 1.807) is 17.8 Å². The number of benzene rings is 1. The molecule has 1 aromatic carbocycles. The van der Waals surface area contributed by atoms with E-state index in [-0.39, 0.29) is 11.9 Å².